The van der Waals surface area contributed by atoms with E-state index in [0.29, 0.717) is 31.7 Å². The summed E-state index contributed by atoms with van der Waals surface area (Å²) < 4.78 is 5.24. The summed E-state index contributed by atoms with van der Waals surface area (Å²) in [5.74, 6) is 1.47. The molecule has 3 aromatic rings. The van der Waals surface area contributed by atoms with Crippen molar-refractivity contribution in [2.24, 2.45) is 0 Å². The smallest absolute Gasteiger partial charge is 0.254 e. The molecule has 1 aliphatic heterocycles. The maximum absolute atomic E-state index is 13.5. The number of likely N-dealkylation sites (N-methyl/N-ethyl adjacent to an activating group) is 1. The van der Waals surface area contributed by atoms with Gasteiger partial charge in [0.05, 0.1) is 12.8 Å². The molecule has 4 rings (SSSR count). The van der Waals surface area contributed by atoms with E-state index in [1.165, 1.54) is 0 Å². The van der Waals surface area contributed by atoms with Crippen LogP contribution in [-0.2, 0) is 4.79 Å². The molecule has 2 amide bonds. The molecule has 0 radical (unpaired) electrons. The lowest BCUT2D eigenvalue weighted by Gasteiger charge is -2.29. The largest absolute Gasteiger partial charge is 0.497 e. The summed E-state index contributed by atoms with van der Waals surface area (Å²) in [4.78, 5) is 35.0. The van der Waals surface area contributed by atoms with Gasteiger partial charge in [0.2, 0.25) is 5.91 Å². The Balaban J connectivity index is 1.38. The molecular weight excluding hydrogens is 516 g/mol. The highest BCUT2D eigenvalue weighted by molar-refractivity contribution is 5.96. The van der Waals surface area contributed by atoms with Crippen molar-refractivity contribution < 1.29 is 14.3 Å². The summed E-state index contributed by atoms with van der Waals surface area (Å²) in [5.41, 5.74) is 3.48. The van der Waals surface area contributed by atoms with Crippen LogP contribution in [0.25, 0.3) is 11.3 Å². The van der Waals surface area contributed by atoms with Gasteiger partial charge in [-0.1, -0.05) is 31.5 Å². The zero-order valence-electron chi connectivity index (χ0n) is 24.8. The number of hydrogen-bond donors (Lipinski definition) is 0. The summed E-state index contributed by atoms with van der Waals surface area (Å²) in [6, 6.07) is 19.3. The average molecular weight is 559 g/mol. The second-order valence-electron chi connectivity index (χ2n) is 10.3. The Morgan fingerprint density at radius 1 is 0.854 bits per heavy atom. The predicted octanol–water partition coefficient (Wildman–Crippen LogP) is 3.98. The molecule has 9 nitrogen and oxygen atoms in total. The fraction of sp³-hybridized carbons (Fsp3) is 0.438. The monoisotopic (exact) mass is 558 g/mol. The maximum Gasteiger partial charge on any atom is 0.254 e. The average Bonchev–Trinajstić information content (AvgIpc) is 3.28. The molecule has 0 aliphatic carbocycles. The molecule has 218 valence electrons. The third-order valence-electron chi connectivity index (χ3n) is 7.70. The second kappa shape index (κ2) is 14.6. The van der Waals surface area contributed by atoms with Gasteiger partial charge in [0.15, 0.2) is 5.82 Å². The molecular formula is C32H42N6O3. The number of carbonyl (C=O) groups is 2. The van der Waals surface area contributed by atoms with Gasteiger partial charge in [-0.15, -0.1) is 10.2 Å². The standard InChI is InChI=1S/C32H42N6O3/c1-5-35(6-2)20-21-38(32(40)27-10-8-25(3)9-11-27)24-31(39)37-19-7-18-36(22-23-37)30-17-16-29(33-34-30)26-12-14-28(41-4)15-13-26/h8-17H,5-7,18-24H2,1-4H3. The van der Waals surface area contributed by atoms with Crippen molar-refractivity contribution in [2.45, 2.75) is 27.2 Å². The first kappa shape index (κ1) is 30.0. The number of nitrogens with zero attached hydrogens (tertiary/aromatic N) is 6. The van der Waals surface area contributed by atoms with E-state index < -0.39 is 0 Å². The first-order valence-electron chi connectivity index (χ1n) is 14.5. The molecule has 2 aromatic carbocycles. The number of anilines is 1. The summed E-state index contributed by atoms with van der Waals surface area (Å²) in [6.45, 7) is 12.0. The SMILES string of the molecule is CCN(CC)CCN(CC(=O)N1CCCN(c2ccc(-c3ccc(OC)cc3)nn2)CC1)C(=O)c1ccc(C)cc1. The Bertz CT molecular complexity index is 1260. The number of amides is 2. The lowest BCUT2D eigenvalue weighted by Crippen LogP contribution is -2.46. The minimum absolute atomic E-state index is 0.0206. The molecule has 0 saturated carbocycles. The first-order chi connectivity index (χ1) is 19.9. The molecule has 0 spiro atoms. The topological polar surface area (TPSA) is 82.1 Å². The molecule has 0 atom stereocenters. The molecule has 41 heavy (non-hydrogen) atoms. The minimum atomic E-state index is -0.103. The van der Waals surface area contributed by atoms with Crippen LogP contribution >= 0.6 is 0 Å². The summed E-state index contributed by atoms with van der Waals surface area (Å²) in [5, 5.41) is 8.93. The van der Waals surface area contributed by atoms with Crippen LogP contribution < -0.4 is 9.64 Å². The Labute approximate surface area is 243 Å². The van der Waals surface area contributed by atoms with E-state index in [9.17, 15) is 9.59 Å². The number of aromatic nitrogens is 2. The van der Waals surface area contributed by atoms with Gasteiger partial charge in [-0.3, -0.25) is 9.59 Å². The highest BCUT2D eigenvalue weighted by atomic mass is 16.5. The third-order valence-corrected chi connectivity index (χ3v) is 7.70. The van der Waals surface area contributed by atoms with Crippen LogP contribution in [-0.4, -0.2) is 103 Å². The van der Waals surface area contributed by atoms with Gasteiger partial charge in [0.1, 0.15) is 12.3 Å². The fourth-order valence-corrected chi connectivity index (χ4v) is 5.00. The van der Waals surface area contributed by atoms with Crippen LogP contribution in [0.4, 0.5) is 5.82 Å². The van der Waals surface area contributed by atoms with Gasteiger partial charge in [-0.2, -0.15) is 0 Å². The van der Waals surface area contributed by atoms with Gasteiger partial charge in [0, 0.05) is 50.4 Å². The van der Waals surface area contributed by atoms with Crippen molar-refractivity contribution in [3.05, 3.63) is 71.8 Å². The van der Waals surface area contributed by atoms with Crippen molar-refractivity contribution in [1.82, 2.24) is 24.9 Å². The number of benzene rings is 2. The minimum Gasteiger partial charge on any atom is -0.497 e. The van der Waals surface area contributed by atoms with Crippen LogP contribution in [0.2, 0.25) is 0 Å². The van der Waals surface area contributed by atoms with E-state index in [0.717, 1.165) is 61.0 Å². The van der Waals surface area contributed by atoms with E-state index in [1.54, 1.807) is 12.0 Å². The number of ether oxygens (including phenoxy) is 1. The van der Waals surface area contributed by atoms with Crippen molar-refractivity contribution >= 4 is 17.6 Å². The molecule has 0 bridgehead atoms. The van der Waals surface area contributed by atoms with Crippen LogP contribution in [0.1, 0.15) is 36.2 Å². The van der Waals surface area contributed by atoms with Crippen molar-refractivity contribution in [1.29, 1.82) is 0 Å². The number of methoxy groups -OCH3 is 1. The Hall–Kier alpha value is -3.98. The van der Waals surface area contributed by atoms with E-state index in [2.05, 4.69) is 33.8 Å². The van der Waals surface area contributed by atoms with Crippen molar-refractivity contribution in [2.75, 3.05) is 70.9 Å². The lowest BCUT2D eigenvalue weighted by molar-refractivity contribution is -0.131. The normalized spacial score (nSPS) is 13.7. The highest BCUT2D eigenvalue weighted by Crippen LogP contribution is 2.22. The second-order valence-corrected chi connectivity index (χ2v) is 10.3. The van der Waals surface area contributed by atoms with E-state index in [-0.39, 0.29) is 18.4 Å². The van der Waals surface area contributed by atoms with Gasteiger partial charge < -0.3 is 24.3 Å². The van der Waals surface area contributed by atoms with Crippen LogP contribution in [0.15, 0.2) is 60.7 Å². The molecule has 0 N–H and O–H groups in total. The molecule has 0 unspecified atom stereocenters. The van der Waals surface area contributed by atoms with E-state index in [1.807, 2.05) is 72.5 Å². The van der Waals surface area contributed by atoms with E-state index in [4.69, 9.17) is 4.74 Å². The quantitative estimate of drug-likeness (QED) is 0.352. The van der Waals surface area contributed by atoms with Crippen molar-refractivity contribution in [3.63, 3.8) is 0 Å². The maximum atomic E-state index is 13.5. The Morgan fingerprint density at radius 3 is 2.22 bits per heavy atom. The van der Waals surface area contributed by atoms with Gasteiger partial charge in [0.25, 0.3) is 5.91 Å². The molecule has 1 aromatic heterocycles. The summed E-state index contributed by atoms with van der Waals surface area (Å²) >= 11 is 0. The van der Waals surface area contributed by atoms with Gasteiger partial charge in [-0.25, -0.2) is 0 Å². The lowest BCUT2D eigenvalue weighted by atomic mass is 10.1. The van der Waals surface area contributed by atoms with E-state index >= 15 is 0 Å². The number of rotatable bonds is 11. The summed E-state index contributed by atoms with van der Waals surface area (Å²) in [6.07, 6.45) is 0.818. The molecule has 1 aliphatic rings. The zero-order chi connectivity index (χ0) is 29.2. The summed E-state index contributed by atoms with van der Waals surface area (Å²) in [7, 11) is 1.65. The molecule has 1 fully saturated rings. The molecule has 1 saturated heterocycles. The van der Waals surface area contributed by atoms with Gasteiger partial charge >= 0.3 is 0 Å². The Kier molecular flexibility index (Phi) is 10.7. The molecule has 2 heterocycles. The first-order valence-corrected chi connectivity index (χ1v) is 14.5. The van der Waals surface area contributed by atoms with Crippen molar-refractivity contribution in [3.8, 4) is 17.0 Å². The number of hydrogen-bond acceptors (Lipinski definition) is 7. The molecule has 9 heteroatoms. The highest BCUT2D eigenvalue weighted by Gasteiger charge is 2.25. The predicted molar refractivity (Wildman–Crippen MR) is 162 cm³/mol. The van der Waals surface area contributed by atoms with Crippen LogP contribution in [0.5, 0.6) is 5.75 Å². The zero-order valence-corrected chi connectivity index (χ0v) is 24.8. The van der Waals surface area contributed by atoms with Gasteiger partial charge in [-0.05, 0) is 75.0 Å². The number of aryl methyl sites for hydroxylation is 1. The Morgan fingerprint density at radius 2 is 1.59 bits per heavy atom. The van der Waals surface area contributed by atoms with Crippen LogP contribution in [0, 0.1) is 6.92 Å². The third kappa shape index (κ3) is 8.04. The number of carbonyl (C=O) groups excluding carboxylic acids is 2. The fourth-order valence-electron chi connectivity index (χ4n) is 5.00. The van der Waals surface area contributed by atoms with Crippen LogP contribution in [0.3, 0.4) is 0 Å².